The Morgan fingerprint density at radius 1 is 1.00 bits per heavy atom. The van der Waals surface area contributed by atoms with Crippen molar-refractivity contribution in [2.45, 2.75) is 13.1 Å². The summed E-state index contributed by atoms with van der Waals surface area (Å²) in [5.74, 6) is -0.0369. The molecule has 100 valence electrons. The molecule has 0 saturated carbocycles. The third-order valence-corrected chi connectivity index (χ3v) is 3.40. The molecule has 0 saturated heterocycles. The van der Waals surface area contributed by atoms with E-state index >= 15 is 0 Å². The van der Waals surface area contributed by atoms with E-state index in [1.54, 1.807) is 0 Å². The van der Waals surface area contributed by atoms with Gasteiger partial charge in [0, 0.05) is 5.69 Å². The summed E-state index contributed by atoms with van der Waals surface area (Å²) in [6.45, 7) is 2.01. The highest BCUT2D eigenvalue weighted by molar-refractivity contribution is 6.02. The number of anilines is 1. The highest BCUT2D eigenvalue weighted by Gasteiger charge is 2.23. The van der Waals surface area contributed by atoms with Crippen LogP contribution in [0.3, 0.4) is 0 Å². The van der Waals surface area contributed by atoms with Crippen molar-refractivity contribution in [2.24, 2.45) is 0 Å². The summed E-state index contributed by atoms with van der Waals surface area (Å²) in [5.41, 5.74) is 3.76. The molecule has 1 aliphatic rings. The van der Waals surface area contributed by atoms with Gasteiger partial charge in [0.25, 0.3) is 5.91 Å². The molecular formula is C17H16N2O. The molecule has 1 amide bonds. The molecule has 0 bridgehead atoms. The van der Waals surface area contributed by atoms with E-state index in [2.05, 4.69) is 16.7 Å². The molecule has 1 atom stereocenters. The number of fused-ring (bicyclic) bond motifs is 1. The Morgan fingerprint density at radius 3 is 2.50 bits per heavy atom. The minimum Gasteiger partial charge on any atom is -0.361 e. The number of carbonyl (C=O) groups is 1. The molecule has 0 radical (unpaired) electrons. The second-order valence-corrected chi connectivity index (χ2v) is 4.90. The number of para-hydroxylation sites is 1. The minimum absolute atomic E-state index is 0.0369. The first-order valence-electron chi connectivity index (χ1n) is 6.64. The summed E-state index contributed by atoms with van der Waals surface area (Å²) in [6.07, 6.45) is 1.91. The maximum atomic E-state index is 12.1. The molecule has 0 aromatic heterocycles. The van der Waals surface area contributed by atoms with Crippen molar-refractivity contribution in [1.82, 2.24) is 5.32 Å². The number of benzene rings is 2. The van der Waals surface area contributed by atoms with Gasteiger partial charge in [0.1, 0.15) is 6.17 Å². The van der Waals surface area contributed by atoms with Crippen LogP contribution < -0.4 is 10.6 Å². The quantitative estimate of drug-likeness (QED) is 0.874. The van der Waals surface area contributed by atoms with Gasteiger partial charge < -0.3 is 10.6 Å². The zero-order valence-electron chi connectivity index (χ0n) is 11.3. The van der Waals surface area contributed by atoms with E-state index in [4.69, 9.17) is 0 Å². The molecule has 0 aliphatic carbocycles. The Hall–Kier alpha value is -2.55. The van der Waals surface area contributed by atoms with Crippen LogP contribution in [-0.4, -0.2) is 12.1 Å². The zero-order valence-corrected chi connectivity index (χ0v) is 11.3. The van der Waals surface area contributed by atoms with Crippen LogP contribution in [0.25, 0.3) is 6.08 Å². The van der Waals surface area contributed by atoms with Gasteiger partial charge in [0.05, 0.1) is 5.56 Å². The highest BCUT2D eigenvalue weighted by Crippen LogP contribution is 2.22. The molecule has 0 unspecified atom stereocenters. The van der Waals surface area contributed by atoms with Crippen LogP contribution >= 0.6 is 0 Å². The topological polar surface area (TPSA) is 41.1 Å². The lowest BCUT2D eigenvalue weighted by Crippen LogP contribution is -2.45. The summed E-state index contributed by atoms with van der Waals surface area (Å²) < 4.78 is 0. The normalized spacial score (nSPS) is 17.9. The van der Waals surface area contributed by atoms with Crippen LogP contribution in [0.5, 0.6) is 0 Å². The van der Waals surface area contributed by atoms with E-state index in [1.807, 2.05) is 61.5 Å². The van der Waals surface area contributed by atoms with Gasteiger partial charge in [-0.1, -0.05) is 48.5 Å². The Bertz CT molecular complexity index is 662. The SMILES string of the molecule is C/C(=C\c1ccccc1)[C@@H]1NC(=O)c2ccccc2N1. The molecule has 3 rings (SSSR count). The molecule has 1 heterocycles. The predicted octanol–water partition coefficient (Wildman–Crippen LogP) is 3.27. The predicted molar refractivity (Wildman–Crippen MR) is 81.4 cm³/mol. The van der Waals surface area contributed by atoms with Gasteiger partial charge in [-0.3, -0.25) is 4.79 Å². The first-order chi connectivity index (χ1) is 9.74. The fourth-order valence-corrected chi connectivity index (χ4v) is 2.33. The van der Waals surface area contributed by atoms with Crippen molar-refractivity contribution in [3.8, 4) is 0 Å². The van der Waals surface area contributed by atoms with Crippen LogP contribution in [0.15, 0.2) is 60.2 Å². The number of nitrogens with one attached hydrogen (secondary N) is 2. The van der Waals surface area contributed by atoms with Gasteiger partial charge in [-0.2, -0.15) is 0 Å². The Balaban J connectivity index is 1.86. The van der Waals surface area contributed by atoms with Crippen LogP contribution in [0.2, 0.25) is 0 Å². The average molecular weight is 264 g/mol. The van der Waals surface area contributed by atoms with Gasteiger partial charge in [0.2, 0.25) is 0 Å². The number of hydrogen-bond donors (Lipinski definition) is 2. The van der Waals surface area contributed by atoms with Crippen LogP contribution in [-0.2, 0) is 0 Å². The standard InChI is InChI=1S/C17H16N2O/c1-12(11-13-7-3-2-4-8-13)16-18-15-10-6-5-9-14(15)17(20)19-16/h2-11,16,18H,1H3,(H,19,20)/b12-11+/t16-/m0/s1. The van der Waals surface area contributed by atoms with E-state index in [0.717, 1.165) is 16.8 Å². The molecule has 0 fully saturated rings. The lowest BCUT2D eigenvalue weighted by Gasteiger charge is -2.28. The molecule has 3 heteroatoms. The second-order valence-electron chi connectivity index (χ2n) is 4.90. The smallest absolute Gasteiger partial charge is 0.255 e. The third-order valence-electron chi connectivity index (χ3n) is 3.40. The van der Waals surface area contributed by atoms with E-state index in [9.17, 15) is 4.79 Å². The van der Waals surface area contributed by atoms with Crippen molar-refractivity contribution < 1.29 is 4.79 Å². The first-order valence-corrected chi connectivity index (χ1v) is 6.64. The van der Waals surface area contributed by atoms with Crippen molar-refractivity contribution in [1.29, 1.82) is 0 Å². The van der Waals surface area contributed by atoms with Crippen molar-refractivity contribution in [3.05, 3.63) is 71.3 Å². The fourth-order valence-electron chi connectivity index (χ4n) is 2.33. The Morgan fingerprint density at radius 2 is 1.70 bits per heavy atom. The average Bonchev–Trinajstić information content (AvgIpc) is 2.48. The third kappa shape index (κ3) is 2.43. The van der Waals surface area contributed by atoms with Gasteiger partial charge >= 0.3 is 0 Å². The largest absolute Gasteiger partial charge is 0.361 e. The maximum Gasteiger partial charge on any atom is 0.255 e. The van der Waals surface area contributed by atoms with Gasteiger partial charge in [-0.25, -0.2) is 0 Å². The molecule has 2 N–H and O–H groups in total. The van der Waals surface area contributed by atoms with Crippen molar-refractivity contribution >= 4 is 17.7 Å². The van der Waals surface area contributed by atoms with Gasteiger partial charge in [-0.05, 0) is 30.2 Å². The fraction of sp³-hybridized carbons (Fsp3) is 0.118. The van der Waals surface area contributed by atoms with Crippen molar-refractivity contribution in [3.63, 3.8) is 0 Å². The second kappa shape index (κ2) is 5.21. The summed E-state index contributed by atoms with van der Waals surface area (Å²) in [4.78, 5) is 12.1. The van der Waals surface area contributed by atoms with Gasteiger partial charge in [-0.15, -0.1) is 0 Å². The molecule has 0 spiro atoms. The summed E-state index contributed by atoms with van der Waals surface area (Å²) in [5, 5.41) is 6.32. The van der Waals surface area contributed by atoms with Crippen LogP contribution in [0.4, 0.5) is 5.69 Å². The number of carbonyl (C=O) groups excluding carboxylic acids is 1. The highest BCUT2D eigenvalue weighted by atomic mass is 16.2. The monoisotopic (exact) mass is 264 g/mol. The number of rotatable bonds is 2. The minimum atomic E-state index is -0.169. The first kappa shape index (κ1) is 12.5. The lowest BCUT2D eigenvalue weighted by atomic mass is 10.0. The lowest BCUT2D eigenvalue weighted by molar-refractivity contribution is 0.0941. The molecule has 3 nitrogen and oxygen atoms in total. The van der Waals surface area contributed by atoms with E-state index in [-0.39, 0.29) is 12.1 Å². The van der Waals surface area contributed by atoms with Crippen molar-refractivity contribution in [2.75, 3.05) is 5.32 Å². The van der Waals surface area contributed by atoms with Gasteiger partial charge in [0.15, 0.2) is 0 Å². The summed E-state index contributed by atoms with van der Waals surface area (Å²) >= 11 is 0. The van der Waals surface area contributed by atoms with E-state index < -0.39 is 0 Å². The Kier molecular flexibility index (Phi) is 3.25. The zero-order chi connectivity index (χ0) is 13.9. The molecular weight excluding hydrogens is 248 g/mol. The molecule has 2 aromatic carbocycles. The van der Waals surface area contributed by atoms with Crippen LogP contribution in [0, 0.1) is 0 Å². The molecule has 1 aliphatic heterocycles. The van der Waals surface area contributed by atoms with Crippen LogP contribution in [0.1, 0.15) is 22.8 Å². The Labute approximate surface area is 118 Å². The number of amides is 1. The molecule has 2 aromatic rings. The molecule has 20 heavy (non-hydrogen) atoms. The maximum absolute atomic E-state index is 12.1. The van der Waals surface area contributed by atoms with E-state index in [0.29, 0.717) is 5.56 Å². The summed E-state index contributed by atoms with van der Waals surface area (Å²) in [7, 11) is 0. The van der Waals surface area contributed by atoms with E-state index in [1.165, 1.54) is 0 Å². The number of hydrogen-bond acceptors (Lipinski definition) is 2. The summed E-state index contributed by atoms with van der Waals surface area (Å²) in [6, 6.07) is 17.6.